The molecule has 2 atom stereocenters. The molecule has 12 rings (SSSR count). The number of ketones is 1. The summed E-state index contributed by atoms with van der Waals surface area (Å²) < 4.78 is 2.77. The fraction of sp³-hybridized carbons (Fsp3) is 0.581. The molecular weight excluding hydrogens is 706 g/mol. The highest BCUT2D eigenvalue weighted by Crippen LogP contribution is 2.59. The standard InChI is InChI=1S/C22H27NOS.C11H12S.C9H16N2.CO2.ClH/c1-14(2)17-5-3-4-16-12-20(25-21(16)17)19(24)13-18-15-6-10-23(11-7-15)22(18)8-9-22;1-8(2)10-5-3-4-9-6-7-12-11(9)10;10-8-7-1-5-11(6-2-7)9(8)3-4-9;2-1-3;/h3-5,12,14-15,18H,6-11,13H2,1-2H3;3-8H,1-2H3;7-8H,1-6,10H2;;1H/t18-;;8-;;/m1.1../s1. The Morgan fingerprint density at radius 1 is 0.788 bits per heavy atom. The molecule has 2 saturated carbocycles. The zero-order valence-corrected chi connectivity index (χ0v) is 33.7. The van der Waals surface area contributed by atoms with E-state index in [2.05, 4.69) is 91.4 Å². The van der Waals surface area contributed by atoms with Gasteiger partial charge in [-0.1, -0.05) is 64.1 Å². The predicted octanol–water partition coefficient (Wildman–Crippen LogP) is 9.91. The zero-order valence-electron chi connectivity index (χ0n) is 31.3. The summed E-state index contributed by atoms with van der Waals surface area (Å²) >= 11 is 3.57. The van der Waals surface area contributed by atoms with Gasteiger partial charge >= 0.3 is 6.15 Å². The van der Waals surface area contributed by atoms with Crippen molar-refractivity contribution in [2.45, 2.75) is 114 Å². The first-order valence-corrected chi connectivity index (χ1v) is 21.1. The number of rotatable bonds is 5. The van der Waals surface area contributed by atoms with E-state index in [1.807, 2.05) is 11.3 Å². The van der Waals surface area contributed by atoms with Crippen molar-refractivity contribution in [2.24, 2.45) is 23.5 Å². The Bertz CT molecular complexity index is 1870. The van der Waals surface area contributed by atoms with E-state index in [4.69, 9.17) is 15.3 Å². The Labute approximate surface area is 323 Å². The average Bonchev–Trinajstić information content (AvgIpc) is 4.00. The minimum atomic E-state index is 0. The number of thiophene rings is 2. The number of benzene rings is 2. The number of Topliss-reactive ketones (excluding diaryl/α,β-unsaturated/α-hetero) is 1. The van der Waals surface area contributed by atoms with E-state index in [9.17, 15) is 4.79 Å². The van der Waals surface area contributed by atoms with Gasteiger partial charge < -0.3 is 5.73 Å². The van der Waals surface area contributed by atoms with Crippen molar-refractivity contribution in [2.75, 3.05) is 26.2 Å². The van der Waals surface area contributed by atoms with Gasteiger partial charge in [0.25, 0.3) is 0 Å². The van der Waals surface area contributed by atoms with Crippen LogP contribution in [-0.2, 0) is 9.59 Å². The lowest BCUT2D eigenvalue weighted by molar-refractivity contribution is -0.191. The number of hydrogen-bond donors (Lipinski definition) is 1. The second-order valence-electron chi connectivity index (χ2n) is 16.6. The monoisotopic (exact) mass is 761 g/mol. The second-order valence-corrected chi connectivity index (χ2v) is 18.5. The van der Waals surface area contributed by atoms with Crippen LogP contribution in [0.5, 0.6) is 0 Å². The third kappa shape index (κ3) is 7.47. The molecule has 0 radical (unpaired) electrons. The molecule has 4 aromatic rings. The van der Waals surface area contributed by atoms with Gasteiger partial charge in [0, 0.05) is 32.9 Å². The van der Waals surface area contributed by atoms with E-state index in [1.54, 1.807) is 11.3 Å². The van der Waals surface area contributed by atoms with Gasteiger partial charge in [0.2, 0.25) is 0 Å². The number of carbonyl (C=O) groups is 1. The van der Waals surface area contributed by atoms with Crippen LogP contribution in [-0.4, -0.2) is 65.0 Å². The van der Waals surface area contributed by atoms with Crippen molar-refractivity contribution in [3.8, 4) is 0 Å². The van der Waals surface area contributed by atoms with Crippen LogP contribution < -0.4 is 5.73 Å². The quantitative estimate of drug-likeness (QED) is 0.204. The molecule has 4 bridgehead atoms. The SMILES string of the molecule is CC(C)c1cccc2cc(C(=O)C[C@@H]3C4CCN(CC4)C34CC4)sc12.CC(C)c1cccc2ccsc12.Cl.N[C@@H]1C2CCN(CC2)C12CC2.O=C=O. The maximum atomic E-state index is 13.1. The third-order valence-corrected chi connectivity index (χ3v) is 15.5. The smallest absolute Gasteiger partial charge is 0.326 e. The van der Waals surface area contributed by atoms with Crippen LogP contribution >= 0.6 is 35.1 Å². The van der Waals surface area contributed by atoms with E-state index < -0.39 is 0 Å². The molecule has 52 heavy (non-hydrogen) atoms. The van der Waals surface area contributed by atoms with Crippen molar-refractivity contribution in [1.29, 1.82) is 0 Å². The van der Waals surface area contributed by atoms with E-state index in [-0.39, 0.29) is 18.6 Å². The summed E-state index contributed by atoms with van der Waals surface area (Å²) in [5.41, 5.74) is 10.00. The van der Waals surface area contributed by atoms with Crippen molar-refractivity contribution in [3.05, 3.63) is 69.9 Å². The number of halogens is 1. The van der Waals surface area contributed by atoms with Crippen LogP contribution in [0.2, 0.25) is 0 Å². The Morgan fingerprint density at radius 3 is 1.83 bits per heavy atom. The van der Waals surface area contributed by atoms with Gasteiger partial charge in [-0.3, -0.25) is 14.6 Å². The molecule has 8 heterocycles. The summed E-state index contributed by atoms with van der Waals surface area (Å²) in [5.74, 6) is 3.78. The molecule has 0 unspecified atom stereocenters. The number of piperidine rings is 6. The van der Waals surface area contributed by atoms with Gasteiger partial charge in [-0.15, -0.1) is 35.1 Å². The lowest BCUT2D eigenvalue weighted by atomic mass is 9.70. The third-order valence-electron chi connectivity index (χ3n) is 13.3. The highest BCUT2D eigenvalue weighted by molar-refractivity contribution is 7.21. The van der Waals surface area contributed by atoms with Gasteiger partial charge in [-0.05, 0) is 147 Å². The number of hydrogen-bond acceptors (Lipinski definition) is 8. The summed E-state index contributed by atoms with van der Waals surface area (Å²) in [7, 11) is 0. The molecule has 280 valence electrons. The molecule has 8 aliphatic rings. The fourth-order valence-corrected chi connectivity index (χ4v) is 12.5. The minimum absolute atomic E-state index is 0. The highest BCUT2D eigenvalue weighted by atomic mass is 35.5. The summed E-state index contributed by atoms with van der Waals surface area (Å²) in [4.78, 5) is 35.7. The summed E-state index contributed by atoms with van der Waals surface area (Å²) in [6.45, 7) is 14.2. The number of nitrogens with two attached hydrogens (primary N) is 1. The van der Waals surface area contributed by atoms with Crippen LogP contribution in [0.15, 0.2) is 53.9 Å². The largest absolute Gasteiger partial charge is 0.373 e. The van der Waals surface area contributed by atoms with Crippen LogP contribution in [0.4, 0.5) is 0 Å². The second kappa shape index (κ2) is 16.1. The maximum Gasteiger partial charge on any atom is 0.373 e. The Morgan fingerprint density at radius 2 is 1.31 bits per heavy atom. The summed E-state index contributed by atoms with van der Waals surface area (Å²) in [5, 5.41) is 4.79. The first-order chi connectivity index (χ1) is 24.6. The van der Waals surface area contributed by atoms with E-state index in [0.717, 1.165) is 23.1 Å². The Hall–Kier alpha value is -2.42. The molecule has 6 nitrogen and oxygen atoms in total. The number of carbonyl (C=O) groups excluding carboxylic acids is 3. The topological polar surface area (TPSA) is 83.7 Å². The van der Waals surface area contributed by atoms with Gasteiger partial charge in [0.1, 0.15) is 0 Å². The first-order valence-electron chi connectivity index (χ1n) is 19.4. The van der Waals surface area contributed by atoms with Gasteiger partial charge in [0.05, 0.1) is 4.88 Å². The van der Waals surface area contributed by atoms with Gasteiger partial charge in [-0.2, -0.15) is 9.59 Å². The molecular formula is C43H56ClN3O3S2. The van der Waals surface area contributed by atoms with Crippen LogP contribution in [0.1, 0.15) is 118 Å². The molecule has 6 aliphatic heterocycles. The molecule has 2 spiro atoms. The van der Waals surface area contributed by atoms with Crippen molar-refractivity contribution >= 4 is 67.2 Å². The van der Waals surface area contributed by atoms with Crippen LogP contribution in [0.25, 0.3) is 20.2 Å². The zero-order chi connectivity index (χ0) is 35.9. The molecule has 2 aromatic carbocycles. The fourth-order valence-electron chi connectivity index (χ4n) is 10.2. The number of fused-ring (bicyclic) bond motifs is 6. The van der Waals surface area contributed by atoms with E-state index >= 15 is 0 Å². The highest BCUT2D eigenvalue weighted by Gasteiger charge is 2.60. The molecule has 8 fully saturated rings. The summed E-state index contributed by atoms with van der Waals surface area (Å²) in [6, 6.07) is 17.9. The van der Waals surface area contributed by atoms with Crippen molar-refractivity contribution in [1.82, 2.24) is 9.80 Å². The first kappa shape index (κ1) is 39.3. The Kier molecular flexibility index (Phi) is 12.2. The Balaban J connectivity index is 0.000000143. The predicted molar refractivity (Wildman–Crippen MR) is 217 cm³/mol. The normalized spacial score (nSPS) is 27.9. The van der Waals surface area contributed by atoms with Gasteiger partial charge in [0.15, 0.2) is 5.78 Å². The van der Waals surface area contributed by atoms with Crippen molar-refractivity contribution < 1.29 is 14.4 Å². The average molecular weight is 763 g/mol. The van der Waals surface area contributed by atoms with Gasteiger partial charge in [-0.25, -0.2) is 0 Å². The van der Waals surface area contributed by atoms with Crippen molar-refractivity contribution in [3.63, 3.8) is 0 Å². The lowest BCUT2D eigenvalue weighted by Crippen LogP contribution is -2.63. The minimum Gasteiger partial charge on any atom is -0.326 e. The molecule has 2 aromatic heterocycles. The molecule has 2 aliphatic carbocycles. The summed E-state index contributed by atoms with van der Waals surface area (Å²) in [6.07, 6.45) is 11.8. The molecule has 6 saturated heterocycles. The molecule has 2 N–H and O–H groups in total. The van der Waals surface area contributed by atoms with Crippen LogP contribution in [0.3, 0.4) is 0 Å². The molecule has 9 heteroatoms. The van der Waals surface area contributed by atoms with E-state index in [0.29, 0.717) is 40.7 Å². The van der Waals surface area contributed by atoms with Crippen LogP contribution in [0, 0.1) is 17.8 Å². The molecule has 0 amide bonds. The van der Waals surface area contributed by atoms with E-state index in [1.165, 1.54) is 109 Å². The number of nitrogens with zero attached hydrogens (tertiary/aromatic N) is 2. The maximum absolute atomic E-state index is 13.1. The lowest BCUT2D eigenvalue weighted by Gasteiger charge is -2.52.